The van der Waals surface area contributed by atoms with Gasteiger partial charge in [0.15, 0.2) is 62.9 Å². The van der Waals surface area contributed by atoms with Crippen molar-refractivity contribution in [3.05, 3.63) is 0 Å². The van der Waals surface area contributed by atoms with Gasteiger partial charge < -0.3 is 280 Å². The van der Waals surface area contributed by atoms with Crippen molar-refractivity contribution in [2.24, 2.45) is 0 Å². The molecule has 0 aromatic rings. The third-order valence-corrected chi connectivity index (χ3v) is 24.6. The summed E-state index contributed by atoms with van der Waals surface area (Å²) in [5.74, 6) is -4.96. The average Bonchev–Trinajstić information content (AvgIpc) is 0.768. The predicted octanol–water partition coefficient (Wildman–Crippen LogP) is -24.6. The maximum Gasteiger partial charge on any atom is 0.217 e. The number of ether oxygens (including phenoxy) is 20. The summed E-state index contributed by atoms with van der Waals surface area (Å²) < 4.78 is 120. The van der Waals surface area contributed by atoms with Crippen LogP contribution in [-0.4, -0.2) is 598 Å². The molecule has 0 bridgehead atoms. The van der Waals surface area contributed by atoms with Crippen molar-refractivity contribution in [3.63, 3.8) is 0 Å². The SMILES string of the molecule is CC(=O)N[C@H]1[C@H](O[C@@H]([C@H](O)[C@H](CO)NC(C)=O)[C@H](O)CO)O[C@H](CO)[C@@H](O[C@@H]2O[C@H](CO[C@H]3O[C@H](CO)[C@@H](O[C@@H]4O[C@H](CO)[C@@H](O[C@@H]5O[C@H](CO)[C@H](O)[C@H](O)[C@H]5O)[C@H](O)[C@H]4NC(C)=O)[C@H](O)[C@@H]3O[C@@H]3O[C@H](CO)[C@@H](O[C@@H]4O[C@H](CO)[C@H](O)[C@H](O)[C@H]4O)[C@H](O)[C@H]3NC(C)=O)[C@@H](O)[C@H](O[C@H]3O[C@H](CO)[C@@H](O)[C@H](O)[C@@H]3O[C@@H]3O[C@H](CO)[C@@H](O[C@@H]4O[C@H](CO)[C@H](O)[C@H](O)[C@H]4O)[C@H](O)[C@H]3NC(C)=O)[C@@H]2O)[C@@H]1O. The van der Waals surface area contributed by atoms with Gasteiger partial charge in [-0.1, -0.05) is 0 Å². The molecule has 137 heavy (non-hydrogen) atoms. The van der Waals surface area contributed by atoms with Crippen LogP contribution >= 0.6 is 0 Å². The van der Waals surface area contributed by atoms with Gasteiger partial charge >= 0.3 is 0 Å². The fourth-order valence-corrected chi connectivity index (χ4v) is 17.4. The van der Waals surface area contributed by atoms with Gasteiger partial charge in [-0.2, -0.15) is 0 Å². The van der Waals surface area contributed by atoms with Crippen LogP contribution in [0.5, 0.6) is 0 Å². The lowest BCUT2D eigenvalue weighted by Crippen LogP contribution is -2.71. The molecule has 36 N–H and O–H groups in total. The standard InChI is InChI=1S/C76H129N5O56/c1-18(93)77-23(6-82)39(99)58(24(98)7-83)129-67-35(78-19(2)94)45(105)62(32(15-91)123-67)134-74-57(117)64(135-76-65(52(112)43(103)28(11-87)122-76)136-69-37(80-21(4)96)47(107)60(30(13-89)125-69)132-72-54(114)50(110)41(101)26(9-85)120-72)44(104)34(128-74)17-118-75-66(137-70-38(81-22(5)97)48(108)61(31(14-90)126-70)133-73-55(115)51(111)42(102)27(10-86)121-73)56(116)63(33(16-92)127-75)130-68-36(79-20(3)95)46(106)59(29(12-88)124-68)131-71-53(113)49(109)40(100)25(8-84)119-71/h23-76,82-92,98-117H,6-17H2,1-5H3,(H,77,93)(H,78,94)(H,79,95)(H,80,96)(H,81,97)/t23-,24+,25+,26+,27+,28+,29+,30+,31+,32+,33+,34+,35+,36+,37+,38+,39+,40-,41-,42-,43+,44+,45+,46+,47+,48+,49-,50-,51-,52-,53+,54+,55+,56-,57-,58+,59+,60+,61+,62+,63+,64-,65-,66-,67-,68-,69-,70-,71-,72-,73-,74-,75-,76+/m0/s1. The van der Waals surface area contributed by atoms with Crippen molar-refractivity contribution in [1.82, 2.24) is 26.6 Å². The summed E-state index contributed by atoms with van der Waals surface area (Å²) in [6.45, 7) is -9.82. The first-order valence-corrected chi connectivity index (χ1v) is 43.6. The Morgan fingerprint density at radius 1 is 0.248 bits per heavy atom. The lowest BCUT2D eigenvalue weighted by atomic mass is 9.93. The van der Waals surface area contributed by atoms with E-state index in [4.69, 9.17) is 94.7 Å². The second-order valence-corrected chi connectivity index (χ2v) is 34.3. The highest BCUT2D eigenvalue weighted by atomic mass is 16.8. The van der Waals surface area contributed by atoms with Crippen LogP contribution in [0.2, 0.25) is 0 Å². The minimum absolute atomic E-state index is 0.853. The molecule has 61 nitrogen and oxygen atoms in total. The van der Waals surface area contributed by atoms with Crippen molar-refractivity contribution >= 4 is 29.5 Å². The monoisotopic (exact) mass is 2010 g/mol. The zero-order valence-corrected chi connectivity index (χ0v) is 73.7. The molecular formula is C76H129N5O56. The smallest absolute Gasteiger partial charge is 0.217 e. The summed E-state index contributed by atoms with van der Waals surface area (Å²) in [5.41, 5.74) is 0. The highest BCUT2D eigenvalue weighted by Gasteiger charge is 2.63. The van der Waals surface area contributed by atoms with Gasteiger partial charge in [0.1, 0.15) is 262 Å². The van der Waals surface area contributed by atoms with E-state index in [-0.39, 0.29) is 0 Å². The van der Waals surface area contributed by atoms with Gasteiger partial charge in [0.2, 0.25) is 29.5 Å². The number of carbonyl (C=O) groups excluding carboxylic acids is 5. The first kappa shape index (κ1) is 114. The van der Waals surface area contributed by atoms with E-state index in [0.717, 1.165) is 34.6 Å². The highest BCUT2D eigenvalue weighted by Crippen LogP contribution is 2.42. The van der Waals surface area contributed by atoms with Crippen molar-refractivity contribution in [1.29, 1.82) is 0 Å². The third-order valence-electron chi connectivity index (χ3n) is 24.6. The fourth-order valence-electron chi connectivity index (χ4n) is 17.4. The minimum Gasteiger partial charge on any atom is -0.394 e. The van der Waals surface area contributed by atoms with Crippen molar-refractivity contribution in [2.45, 2.75) is 366 Å². The van der Waals surface area contributed by atoms with E-state index in [1.807, 2.05) is 0 Å². The Morgan fingerprint density at radius 3 is 0.832 bits per heavy atom. The van der Waals surface area contributed by atoms with Gasteiger partial charge in [0.05, 0.1) is 85.3 Å². The minimum atomic E-state index is -2.72. The molecule has 10 aliphatic heterocycles. The van der Waals surface area contributed by atoms with Crippen LogP contribution in [0.3, 0.4) is 0 Å². The van der Waals surface area contributed by atoms with Crippen LogP contribution in [0, 0.1) is 0 Å². The van der Waals surface area contributed by atoms with Gasteiger partial charge in [-0.3, -0.25) is 24.0 Å². The molecule has 10 fully saturated rings. The average molecular weight is 2010 g/mol. The summed E-state index contributed by atoms with van der Waals surface area (Å²) in [6.07, 6.45) is -108. The van der Waals surface area contributed by atoms with E-state index in [0.29, 0.717) is 0 Å². The Labute approximate surface area is 776 Å². The first-order chi connectivity index (χ1) is 64.8. The number of nitrogens with one attached hydrogen (secondary N) is 5. The second kappa shape index (κ2) is 50.9. The topological polar surface area (TPSA) is 957 Å². The summed E-state index contributed by atoms with van der Waals surface area (Å²) in [6, 6.07) is -9.94. The lowest BCUT2D eigenvalue weighted by molar-refractivity contribution is -0.401. The lowest BCUT2D eigenvalue weighted by Gasteiger charge is -2.51. The Morgan fingerprint density at radius 2 is 0.511 bits per heavy atom. The predicted molar refractivity (Wildman–Crippen MR) is 423 cm³/mol. The van der Waals surface area contributed by atoms with Crippen LogP contribution < -0.4 is 26.6 Å². The Hall–Kier alpha value is -4.69. The molecule has 0 spiro atoms. The molecule has 10 rings (SSSR count). The molecule has 0 aromatic carbocycles. The molecule has 0 unspecified atom stereocenters. The van der Waals surface area contributed by atoms with E-state index >= 15 is 0 Å². The Balaban J connectivity index is 1.05. The quantitative estimate of drug-likeness (QED) is 0.0271. The first-order valence-electron chi connectivity index (χ1n) is 43.6. The molecule has 10 aliphatic rings. The fraction of sp³-hybridized carbons (Fsp3) is 0.934. The van der Waals surface area contributed by atoms with Gasteiger partial charge in [-0.25, -0.2) is 0 Å². The molecule has 0 aliphatic carbocycles. The van der Waals surface area contributed by atoms with Crippen LogP contribution in [0.1, 0.15) is 34.6 Å². The number of hydrogen-bond acceptors (Lipinski definition) is 56. The summed E-state index contributed by atoms with van der Waals surface area (Å²) in [5, 5.41) is 359. The number of rotatable bonds is 40. The molecule has 0 saturated carbocycles. The molecule has 54 atom stereocenters. The van der Waals surface area contributed by atoms with E-state index in [2.05, 4.69) is 26.6 Å². The number of aliphatic hydroxyl groups is 31. The summed E-state index contributed by atoms with van der Waals surface area (Å²) in [4.78, 5) is 65.0. The maximum absolute atomic E-state index is 13.3. The normalized spacial score (nSPS) is 46.5. The molecule has 10 saturated heterocycles. The maximum atomic E-state index is 13.3. The van der Waals surface area contributed by atoms with Gasteiger partial charge in [0.25, 0.3) is 0 Å². The summed E-state index contributed by atoms with van der Waals surface area (Å²) in [7, 11) is 0. The molecular weight excluding hydrogens is 1880 g/mol. The zero-order valence-electron chi connectivity index (χ0n) is 73.7. The largest absolute Gasteiger partial charge is 0.394 e. The summed E-state index contributed by atoms with van der Waals surface area (Å²) >= 11 is 0. The van der Waals surface area contributed by atoms with Gasteiger partial charge in [-0.05, 0) is 0 Å². The van der Waals surface area contributed by atoms with Crippen molar-refractivity contribution in [2.75, 3.05) is 79.3 Å². The van der Waals surface area contributed by atoms with Crippen LogP contribution in [0.4, 0.5) is 0 Å². The van der Waals surface area contributed by atoms with E-state index in [9.17, 15) is 182 Å². The van der Waals surface area contributed by atoms with Gasteiger partial charge in [0, 0.05) is 34.6 Å². The van der Waals surface area contributed by atoms with Crippen molar-refractivity contribution in [3.8, 4) is 0 Å². The second-order valence-electron chi connectivity index (χ2n) is 34.3. The number of aliphatic hydroxyl groups excluding tert-OH is 31. The molecule has 10 heterocycles. The van der Waals surface area contributed by atoms with Crippen LogP contribution in [0.25, 0.3) is 0 Å². The van der Waals surface area contributed by atoms with E-state index < -0.39 is 440 Å². The number of carbonyl (C=O) groups is 5. The van der Waals surface area contributed by atoms with E-state index in [1.165, 1.54) is 0 Å². The Kier molecular flexibility index (Phi) is 42.4. The van der Waals surface area contributed by atoms with Crippen LogP contribution in [-0.2, 0) is 119 Å². The van der Waals surface area contributed by atoms with Crippen LogP contribution in [0.15, 0.2) is 0 Å². The molecule has 794 valence electrons. The zero-order chi connectivity index (χ0) is 101. The molecule has 61 heteroatoms. The van der Waals surface area contributed by atoms with Crippen molar-refractivity contribution < 1.29 is 277 Å². The Bertz CT molecular complexity index is 3730. The van der Waals surface area contributed by atoms with E-state index in [1.54, 1.807) is 0 Å². The third kappa shape index (κ3) is 26.1. The molecule has 0 radical (unpaired) electrons. The number of hydrogen-bond donors (Lipinski definition) is 36. The molecule has 5 amide bonds. The molecule has 0 aromatic heterocycles. The number of amides is 5. The van der Waals surface area contributed by atoms with Gasteiger partial charge in [-0.15, -0.1) is 0 Å². The highest BCUT2D eigenvalue weighted by molar-refractivity contribution is 5.75.